The molecular formula is C14H16N2O7. The molecule has 1 fully saturated rings. The van der Waals surface area contributed by atoms with Crippen LogP contribution in [0.3, 0.4) is 0 Å². The average molecular weight is 324 g/mol. The Morgan fingerprint density at radius 3 is 2.52 bits per heavy atom. The first-order chi connectivity index (χ1) is 10.9. The van der Waals surface area contributed by atoms with E-state index in [4.69, 9.17) is 15.2 Å². The second-order valence-corrected chi connectivity index (χ2v) is 5.98. The van der Waals surface area contributed by atoms with Crippen LogP contribution in [0.4, 0.5) is 5.69 Å². The summed E-state index contributed by atoms with van der Waals surface area (Å²) in [5.41, 5.74) is 6.53. The van der Waals surface area contributed by atoms with Gasteiger partial charge in [-0.15, -0.1) is 0 Å². The van der Waals surface area contributed by atoms with E-state index in [1.807, 2.05) is 0 Å². The lowest BCUT2D eigenvalue weighted by Crippen LogP contribution is -2.66. The number of ether oxygens (including phenoxy) is 2. The summed E-state index contributed by atoms with van der Waals surface area (Å²) in [5.74, 6) is -0.805. The van der Waals surface area contributed by atoms with Gasteiger partial charge in [0.15, 0.2) is 11.5 Å². The van der Waals surface area contributed by atoms with Gasteiger partial charge in [-0.05, 0) is 11.6 Å². The highest BCUT2D eigenvalue weighted by molar-refractivity contribution is 6.04. The summed E-state index contributed by atoms with van der Waals surface area (Å²) in [6.45, 7) is -0.0370. The topological polar surface area (TPSA) is 154 Å². The second-order valence-electron chi connectivity index (χ2n) is 5.98. The van der Waals surface area contributed by atoms with E-state index < -0.39 is 42.3 Å². The first-order valence-electron chi connectivity index (χ1n) is 7.17. The zero-order valence-corrected chi connectivity index (χ0v) is 11.8. The van der Waals surface area contributed by atoms with Crippen LogP contribution in [0.2, 0.25) is 0 Å². The van der Waals surface area contributed by atoms with Crippen molar-refractivity contribution in [3.05, 3.63) is 17.2 Å². The predicted octanol–water partition coefficient (Wildman–Crippen LogP) is -2.35. The molecule has 2 heterocycles. The van der Waals surface area contributed by atoms with Crippen molar-refractivity contribution in [1.29, 1.82) is 0 Å². The summed E-state index contributed by atoms with van der Waals surface area (Å²) < 4.78 is 10.5. The highest BCUT2D eigenvalue weighted by Crippen LogP contribution is 2.48. The lowest BCUT2D eigenvalue weighted by atomic mass is 9.70. The molecule has 1 amide bonds. The number of fused-ring (bicyclic) bond motifs is 4. The van der Waals surface area contributed by atoms with Crippen LogP contribution in [-0.2, 0) is 0 Å². The van der Waals surface area contributed by atoms with Crippen molar-refractivity contribution in [2.75, 3.05) is 12.5 Å². The van der Waals surface area contributed by atoms with E-state index >= 15 is 0 Å². The van der Waals surface area contributed by atoms with Gasteiger partial charge in [-0.3, -0.25) is 4.79 Å². The molecule has 23 heavy (non-hydrogen) atoms. The number of amides is 1. The van der Waals surface area contributed by atoms with Crippen molar-refractivity contribution in [3.8, 4) is 11.5 Å². The van der Waals surface area contributed by atoms with Gasteiger partial charge in [0, 0.05) is 5.92 Å². The molecule has 7 N–H and O–H groups in total. The highest BCUT2D eigenvalue weighted by atomic mass is 16.7. The van der Waals surface area contributed by atoms with Gasteiger partial charge in [-0.2, -0.15) is 0 Å². The van der Waals surface area contributed by atoms with Crippen LogP contribution in [0.1, 0.15) is 21.8 Å². The minimum absolute atomic E-state index is 0.0370. The number of nitrogens with one attached hydrogen (secondary N) is 1. The summed E-state index contributed by atoms with van der Waals surface area (Å²) in [7, 11) is 0. The van der Waals surface area contributed by atoms with E-state index in [-0.39, 0.29) is 23.8 Å². The van der Waals surface area contributed by atoms with E-state index in [0.29, 0.717) is 11.3 Å². The molecule has 0 radical (unpaired) electrons. The van der Waals surface area contributed by atoms with Gasteiger partial charge >= 0.3 is 0 Å². The van der Waals surface area contributed by atoms with Crippen LogP contribution >= 0.6 is 0 Å². The molecule has 124 valence electrons. The number of carbonyl (C=O) groups excluding carboxylic acids is 1. The Bertz CT molecular complexity index is 694. The molecule has 0 spiro atoms. The van der Waals surface area contributed by atoms with Crippen LogP contribution < -0.4 is 20.5 Å². The predicted molar refractivity (Wildman–Crippen MR) is 75.0 cm³/mol. The van der Waals surface area contributed by atoms with Crippen molar-refractivity contribution in [1.82, 2.24) is 5.32 Å². The van der Waals surface area contributed by atoms with Crippen molar-refractivity contribution in [2.24, 2.45) is 0 Å². The number of anilines is 1. The summed E-state index contributed by atoms with van der Waals surface area (Å²) in [6.07, 6.45) is -5.94. The van der Waals surface area contributed by atoms with Gasteiger partial charge in [0.25, 0.3) is 5.91 Å². The summed E-state index contributed by atoms with van der Waals surface area (Å²) in [6, 6.07) is 0.563. The SMILES string of the molecule is Nc1c2c(cc3c1C(=O)N[C@H]1[C@H](O)[C@H](O)[C@@H](O)[C@H](O)[C@H]31)OCO2. The summed E-state index contributed by atoms with van der Waals surface area (Å²) in [4.78, 5) is 12.4. The van der Waals surface area contributed by atoms with Crippen LogP contribution in [0.5, 0.6) is 11.5 Å². The lowest BCUT2D eigenvalue weighted by Gasteiger charge is -2.47. The third-order valence-electron chi connectivity index (χ3n) is 4.79. The van der Waals surface area contributed by atoms with E-state index in [1.165, 1.54) is 6.07 Å². The Morgan fingerprint density at radius 1 is 1.09 bits per heavy atom. The minimum Gasteiger partial charge on any atom is -0.453 e. The molecule has 1 aromatic carbocycles. The van der Waals surface area contributed by atoms with Crippen LogP contribution in [0, 0.1) is 0 Å². The quantitative estimate of drug-likeness (QED) is 0.290. The third kappa shape index (κ3) is 1.78. The number of carbonyl (C=O) groups is 1. The Labute approximate surface area is 130 Å². The zero-order chi connectivity index (χ0) is 16.5. The van der Waals surface area contributed by atoms with Gasteiger partial charge in [0.2, 0.25) is 6.79 Å². The smallest absolute Gasteiger partial charge is 0.254 e. The van der Waals surface area contributed by atoms with Gasteiger partial charge in [0.1, 0.15) is 18.3 Å². The van der Waals surface area contributed by atoms with Crippen LogP contribution in [-0.4, -0.2) is 63.6 Å². The fourth-order valence-corrected chi connectivity index (χ4v) is 3.63. The summed E-state index contributed by atoms with van der Waals surface area (Å²) in [5, 5.41) is 42.8. The first-order valence-corrected chi connectivity index (χ1v) is 7.17. The number of nitrogen functional groups attached to an aromatic ring is 1. The van der Waals surface area contributed by atoms with E-state index in [2.05, 4.69) is 5.32 Å². The minimum atomic E-state index is -1.57. The second kappa shape index (κ2) is 4.71. The van der Waals surface area contributed by atoms with Gasteiger partial charge < -0.3 is 41.0 Å². The van der Waals surface area contributed by atoms with E-state index in [1.54, 1.807) is 0 Å². The van der Waals surface area contributed by atoms with Crippen LogP contribution in [0.15, 0.2) is 6.07 Å². The average Bonchev–Trinajstić information content (AvgIpc) is 2.99. The molecule has 1 aromatic rings. The molecule has 2 aliphatic heterocycles. The monoisotopic (exact) mass is 324 g/mol. The number of hydrogen-bond donors (Lipinski definition) is 6. The van der Waals surface area contributed by atoms with E-state index in [0.717, 1.165) is 0 Å². The molecule has 1 saturated carbocycles. The molecule has 9 heteroatoms. The fraction of sp³-hybridized carbons (Fsp3) is 0.500. The molecule has 9 nitrogen and oxygen atoms in total. The Morgan fingerprint density at radius 2 is 1.78 bits per heavy atom. The Kier molecular flexibility index (Phi) is 2.97. The lowest BCUT2D eigenvalue weighted by molar-refractivity contribution is -0.155. The van der Waals surface area contributed by atoms with Crippen molar-refractivity contribution < 1.29 is 34.7 Å². The molecule has 0 bridgehead atoms. The number of nitrogens with two attached hydrogens (primary N) is 1. The maximum absolute atomic E-state index is 12.4. The van der Waals surface area contributed by atoms with Crippen molar-refractivity contribution in [2.45, 2.75) is 36.4 Å². The maximum Gasteiger partial charge on any atom is 0.254 e. The molecule has 1 aliphatic carbocycles. The standard InChI is InChI=1S/C14H16N2O7/c15-7-5-3(1-4-13(7)23-2-22-4)6-8(16-14(5)21)10(18)12(20)11(19)9(6)17/h1,6,8-12,17-20H,2,15H2,(H,16,21)/t6-,8-,9-,10+,11+,12+/m1/s1. The van der Waals surface area contributed by atoms with Gasteiger partial charge in [-0.1, -0.05) is 0 Å². The molecular weight excluding hydrogens is 308 g/mol. The molecule has 0 aromatic heterocycles. The van der Waals surface area contributed by atoms with Crippen molar-refractivity contribution >= 4 is 11.6 Å². The number of benzene rings is 1. The Balaban J connectivity index is 1.91. The Hall–Kier alpha value is -2.07. The normalized spacial score (nSPS) is 37.8. The number of hydrogen-bond acceptors (Lipinski definition) is 8. The largest absolute Gasteiger partial charge is 0.453 e. The first kappa shape index (κ1) is 14.5. The van der Waals surface area contributed by atoms with Gasteiger partial charge in [0.05, 0.1) is 23.4 Å². The maximum atomic E-state index is 12.4. The third-order valence-corrected chi connectivity index (χ3v) is 4.79. The zero-order valence-electron chi connectivity index (χ0n) is 11.8. The molecule has 3 aliphatic rings. The molecule has 0 saturated heterocycles. The number of aliphatic hydroxyl groups is 4. The number of rotatable bonds is 0. The molecule has 6 atom stereocenters. The highest BCUT2D eigenvalue weighted by Gasteiger charge is 2.53. The summed E-state index contributed by atoms with van der Waals surface area (Å²) >= 11 is 0. The van der Waals surface area contributed by atoms with Gasteiger partial charge in [-0.25, -0.2) is 0 Å². The van der Waals surface area contributed by atoms with Crippen molar-refractivity contribution in [3.63, 3.8) is 0 Å². The van der Waals surface area contributed by atoms with Crippen LogP contribution in [0.25, 0.3) is 0 Å². The molecule has 0 unspecified atom stereocenters. The number of aliphatic hydroxyl groups excluding tert-OH is 4. The fourth-order valence-electron chi connectivity index (χ4n) is 3.63. The van der Waals surface area contributed by atoms with E-state index in [9.17, 15) is 25.2 Å². The molecule has 4 rings (SSSR count).